The van der Waals surface area contributed by atoms with Gasteiger partial charge in [0.15, 0.2) is 5.78 Å². The van der Waals surface area contributed by atoms with Gasteiger partial charge in [-0.1, -0.05) is 13.8 Å². The van der Waals surface area contributed by atoms with Crippen molar-refractivity contribution in [3.63, 3.8) is 0 Å². The lowest BCUT2D eigenvalue weighted by Crippen LogP contribution is -2.34. The van der Waals surface area contributed by atoms with Gasteiger partial charge in [0.1, 0.15) is 12.2 Å². The van der Waals surface area contributed by atoms with Crippen LogP contribution in [-0.4, -0.2) is 68.2 Å². The first-order chi connectivity index (χ1) is 11.8. The Balaban J connectivity index is 3.45. The molecule has 2 unspecified atom stereocenters. The van der Waals surface area contributed by atoms with Crippen molar-refractivity contribution >= 4 is 11.8 Å². The molecule has 7 heteroatoms. The second-order valence-electron chi connectivity index (χ2n) is 6.09. The Morgan fingerprint density at radius 2 is 1.52 bits per heavy atom. The molecule has 0 bridgehead atoms. The predicted molar refractivity (Wildman–Crippen MR) is 93.5 cm³/mol. The van der Waals surface area contributed by atoms with Crippen molar-refractivity contribution in [1.29, 1.82) is 0 Å². The molecule has 1 N–H and O–H groups in total. The molecule has 0 aliphatic carbocycles. The van der Waals surface area contributed by atoms with E-state index in [-0.39, 0.29) is 37.9 Å². The first-order valence-electron chi connectivity index (χ1n) is 9.01. The molecule has 7 nitrogen and oxygen atoms in total. The largest absolute Gasteiger partial charge is 0.463 e. The van der Waals surface area contributed by atoms with E-state index in [1.165, 1.54) is 6.92 Å². The van der Waals surface area contributed by atoms with Gasteiger partial charge in [-0.3, -0.25) is 9.59 Å². The number of ether oxygens (including phenoxy) is 4. The Labute approximate surface area is 151 Å². The van der Waals surface area contributed by atoms with Crippen molar-refractivity contribution in [3.05, 3.63) is 0 Å². The molecule has 0 aliphatic heterocycles. The number of esters is 1. The maximum Gasteiger partial charge on any atom is 0.306 e. The van der Waals surface area contributed by atoms with Crippen molar-refractivity contribution in [2.75, 3.05) is 39.6 Å². The maximum absolute atomic E-state index is 11.7. The van der Waals surface area contributed by atoms with E-state index in [0.717, 1.165) is 6.42 Å². The summed E-state index contributed by atoms with van der Waals surface area (Å²) in [5, 5.41) is 9.75. The molecule has 148 valence electrons. The average molecular weight is 362 g/mol. The molecule has 0 saturated heterocycles. The average Bonchev–Trinajstić information content (AvgIpc) is 2.60. The Morgan fingerprint density at radius 1 is 0.960 bits per heavy atom. The summed E-state index contributed by atoms with van der Waals surface area (Å²) in [6.45, 7) is 9.63. The Bertz CT molecular complexity index is 368. The van der Waals surface area contributed by atoms with Crippen molar-refractivity contribution in [2.24, 2.45) is 0 Å². The molecular formula is C18H34O7. The fraction of sp³-hybridized carbons (Fsp3) is 0.889. The summed E-state index contributed by atoms with van der Waals surface area (Å²) in [5.41, 5.74) is -1.37. The van der Waals surface area contributed by atoms with Crippen LogP contribution in [0.5, 0.6) is 0 Å². The van der Waals surface area contributed by atoms with Crippen LogP contribution < -0.4 is 0 Å². The third-order valence-corrected chi connectivity index (χ3v) is 3.91. The lowest BCUT2D eigenvalue weighted by Gasteiger charge is -2.18. The number of hydrogen-bond acceptors (Lipinski definition) is 7. The fourth-order valence-electron chi connectivity index (χ4n) is 1.72. The van der Waals surface area contributed by atoms with Gasteiger partial charge in [0.2, 0.25) is 0 Å². The van der Waals surface area contributed by atoms with Gasteiger partial charge in [-0.15, -0.1) is 0 Å². The highest BCUT2D eigenvalue weighted by atomic mass is 16.6. The van der Waals surface area contributed by atoms with E-state index < -0.39 is 11.6 Å². The lowest BCUT2D eigenvalue weighted by atomic mass is 9.95. The highest BCUT2D eigenvalue weighted by molar-refractivity contribution is 5.89. The number of rotatable bonds is 16. The monoisotopic (exact) mass is 362 g/mol. The number of aliphatic hydroxyl groups is 1. The minimum absolute atomic E-state index is 0.0207. The van der Waals surface area contributed by atoms with Crippen LogP contribution in [0.25, 0.3) is 0 Å². The van der Waals surface area contributed by atoms with Gasteiger partial charge in [0.25, 0.3) is 0 Å². The highest BCUT2D eigenvalue weighted by Crippen LogP contribution is 2.13. The molecule has 0 aliphatic rings. The molecule has 0 heterocycles. The molecule has 2 atom stereocenters. The van der Waals surface area contributed by atoms with Gasteiger partial charge in [0.05, 0.1) is 45.6 Å². The molecule has 25 heavy (non-hydrogen) atoms. The first kappa shape index (κ1) is 24.0. The van der Waals surface area contributed by atoms with Gasteiger partial charge < -0.3 is 24.1 Å². The van der Waals surface area contributed by atoms with Gasteiger partial charge in [-0.25, -0.2) is 0 Å². The van der Waals surface area contributed by atoms with E-state index in [1.807, 2.05) is 6.92 Å². The quantitative estimate of drug-likeness (QED) is 0.331. The fourth-order valence-corrected chi connectivity index (χ4v) is 1.72. The van der Waals surface area contributed by atoms with Crippen LogP contribution in [-0.2, 0) is 28.5 Å². The lowest BCUT2D eigenvalue weighted by molar-refractivity contribution is -0.148. The SMILES string of the molecule is CCC(C)OCCOCCOCCOC(=O)CCC(=O)C(C)(O)CC. The number of carbonyl (C=O) groups is 2. The highest BCUT2D eigenvalue weighted by Gasteiger charge is 2.27. The van der Waals surface area contributed by atoms with E-state index in [0.29, 0.717) is 32.8 Å². The zero-order valence-corrected chi connectivity index (χ0v) is 16.0. The summed E-state index contributed by atoms with van der Waals surface area (Å²) in [6, 6.07) is 0. The van der Waals surface area contributed by atoms with Crippen molar-refractivity contribution in [1.82, 2.24) is 0 Å². The number of hydrogen-bond donors (Lipinski definition) is 1. The minimum atomic E-state index is -1.37. The molecule has 0 aromatic carbocycles. The van der Waals surface area contributed by atoms with Crippen LogP contribution in [0.2, 0.25) is 0 Å². The van der Waals surface area contributed by atoms with E-state index in [1.54, 1.807) is 6.92 Å². The molecule has 0 fully saturated rings. The van der Waals surface area contributed by atoms with Gasteiger partial charge in [-0.2, -0.15) is 0 Å². The smallest absolute Gasteiger partial charge is 0.306 e. The third kappa shape index (κ3) is 12.9. The van der Waals surface area contributed by atoms with Crippen LogP contribution in [0, 0.1) is 0 Å². The zero-order chi connectivity index (χ0) is 19.1. The topological polar surface area (TPSA) is 91.3 Å². The number of ketones is 1. The van der Waals surface area contributed by atoms with Crippen LogP contribution in [0.4, 0.5) is 0 Å². The van der Waals surface area contributed by atoms with E-state index in [4.69, 9.17) is 18.9 Å². The summed E-state index contributed by atoms with van der Waals surface area (Å²) in [6.07, 6.45) is 1.49. The Morgan fingerprint density at radius 3 is 2.08 bits per heavy atom. The standard InChI is InChI=1S/C18H34O7/c1-5-15(3)24-13-11-22-9-10-23-12-14-25-17(20)8-7-16(19)18(4,21)6-2/h15,21H,5-14H2,1-4H3. The molecule has 0 aromatic heterocycles. The van der Waals surface area contributed by atoms with Crippen LogP contribution in [0.15, 0.2) is 0 Å². The first-order valence-corrected chi connectivity index (χ1v) is 9.01. The van der Waals surface area contributed by atoms with E-state index in [2.05, 4.69) is 6.92 Å². The van der Waals surface area contributed by atoms with E-state index >= 15 is 0 Å². The zero-order valence-electron chi connectivity index (χ0n) is 16.0. The summed E-state index contributed by atoms with van der Waals surface area (Å²) in [4.78, 5) is 23.2. The van der Waals surface area contributed by atoms with Crippen LogP contribution in [0.1, 0.15) is 53.4 Å². The maximum atomic E-state index is 11.7. The minimum Gasteiger partial charge on any atom is -0.463 e. The van der Waals surface area contributed by atoms with E-state index in [9.17, 15) is 14.7 Å². The third-order valence-electron chi connectivity index (χ3n) is 3.91. The molecule has 0 amide bonds. The van der Waals surface area contributed by atoms with Crippen LogP contribution in [0.3, 0.4) is 0 Å². The van der Waals surface area contributed by atoms with Gasteiger partial charge >= 0.3 is 5.97 Å². The normalized spacial score (nSPS) is 14.8. The second-order valence-corrected chi connectivity index (χ2v) is 6.09. The van der Waals surface area contributed by atoms with Crippen molar-refractivity contribution in [3.8, 4) is 0 Å². The molecule has 0 saturated carbocycles. The van der Waals surface area contributed by atoms with Gasteiger partial charge in [0, 0.05) is 6.42 Å². The molecular weight excluding hydrogens is 328 g/mol. The molecule has 0 rings (SSSR count). The molecule has 0 radical (unpaired) electrons. The number of carbonyl (C=O) groups excluding carboxylic acids is 2. The van der Waals surface area contributed by atoms with Crippen LogP contribution >= 0.6 is 0 Å². The predicted octanol–water partition coefficient (Wildman–Crippen LogP) is 1.89. The molecule has 0 spiro atoms. The summed E-state index contributed by atoms with van der Waals surface area (Å²) >= 11 is 0. The van der Waals surface area contributed by atoms with Crippen molar-refractivity contribution < 1.29 is 33.6 Å². The Kier molecular flexibility index (Phi) is 13.6. The summed E-state index contributed by atoms with van der Waals surface area (Å²) in [5.74, 6) is -0.819. The Hall–Kier alpha value is -1.02. The molecule has 0 aromatic rings. The number of Topliss-reactive ketones (excluding diaryl/α,β-unsaturated/α-hetero) is 1. The second kappa shape index (κ2) is 14.2. The summed E-state index contributed by atoms with van der Waals surface area (Å²) in [7, 11) is 0. The van der Waals surface area contributed by atoms with Gasteiger partial charge in [-0.05, 0) is 26.7 Å². The summed E-state index contributed by atoms with van der Waals surface area (Å²) < 4.78 is 21.1. The van der Waals surface area contributed by atoms with Crippen molar-refractivity contribution in [2.45, 2.75) is 65.1 Å².